The third-order valence-electron chi connectivity index (χ3n) is 3.63. The molecule has 2 heteroatoms. The summed E-state index contributed by atoms with van der Waals surface area (Å²) >= 11 is 0. The lowest BCUT2D eigenvalue weighted by Gasteiger charge is -2.26. The van der Waals surface area contributed by atoms with Crippen LogP contribution in [-0.2, 0) is 0 Å². The summed E-state index contributed by atoms with van der Waals surface area (Å²) in [5.41, 5.74) is 4.52. The first kappa shape index (κ1) is 12.7. The summed E-state index contributed by atoms with van der Waals surface area (Å²) in [6, 6.07) is 4.93. The van der Waals surface area contributed by atoms with E-state index in [4.69, 9.17) is 0 Å². The molecular formula is C16H20O2. The minimum atomic E-state index is 0.00458. The van der Waals surface area contributed by atoms with Gasteiger partial charge in [0.2, 0.25) is 0 Å². The predicted octanol–water partition coefficient (Wildman–Crippen LogP) is 4.26. The van der Waals surface area contributed by atoms with Crippen molar-refractivity contribution in [3.8, 4) is 11.5 Å². The lowest BCUT2D eigenvalue weighted by Crippen LogP contribution is -2.08. The Balaban J connectivity index is 2.59. The molecule has 18 heavy (non-hydrogen) atoms. The van der Waals surface area contributed by atoms with Crippen molar-refractivity contribution in [1.82, 2.24) is 0 Å². The van der Waals surface area contributed by atoms with Crippen LogP contribution in [0, 0.1) is 0 Å². The van der Waals surface area contributed by atoms with E-state index in [-0.39, 0.29) is 17.4 Å². The minimum Gasteiger partial charge on any atom is -0.507 e. The van der Waals surface area contributed by atoms with Crippen molar-refractivity contribution in [2.45, 2.75) is 39.5 Å². The Labute approximate surface area is 108 Å². The van der Waals surface area contributed by atoms with E-state index >= 15 is 0 Å². The van der Waals surface area contributed by atoms with E-state index in [1.54, 1.807) is 18.2 Å². The normalized spacial score (nSPS) is 19.6. The molecule has 0 bridgehead atoms. The zero-order valence-corrected chi connectivity index (χ0v) is 11.2. The van der Waals surface area contributed by atoms with Gasteiger partial charge in [0, 0.05) is 11.5 Å². The molecule has 1 unspecified atom stereocenters. The molecule has 2 rings (SSSR count). The van der Waals surface area contributed by atoms with Crippen LogP contribution in [0.5, 0.6) is 11.5 Å². The highest BCUT2D eigenvalue weighted by molar-refractivity contribution is 5.52. The molecule has 0 amide bonds. The highest BCUT2D eigenvalue weighted by atomic mass is 16.3. The lowest BCUT2D eigenvalue weighted by molar-refractivity contribution is 0.435. The van der Waals surface area contributed by atoms with Gasteiger partial charge in [0.05, 0.1) is 0 Å². The molecule has 1 aliphatic carbocycles. The van der Waals surface area contributed by atoms with Crippen molar-refractivity contribution < 1.29 is 10.2 Å². The summed E-state index contributed by atoms with van der Waals surface area (Å²) in [6.45, 7) is 6.29. The number of phenolic OH excluding ortho intramolecular Hbond substituents is 2. The Morgan fingerprint density at radius 3 is 2.28 bits per heavy atom. The molecule has 1 aromatic carbocycles. The second-order valence-electron chi connectivity index (χ2n) is 5.23. The summed E-state index contributed by atoms with van der Waals surface area (Å²) in [5, 5.41) is 20.0. The van der Waals surface area contributed by atoms with E-state index in [1.165, 1.54) is 16.7 Å². The summed E-state index contributed by atoms with van der Waals surface area (Å²) < 4.78 is 0. The largest absolute Gasteiger partial charge is 0.507 e. The van der Waals surface area contributed by atoms with Gasteiger partial charge in [0.25, 0.3) is 0 Å². The molecule has 2 N–H and O–H groups in total. The van der Waals surface area contributed by atoms with Crippen LogP contribution in [0.2, 0.25) is 0 Å². The summed E-state index contributed by atoms with van der Waals surface area (Å²) in [5.74, 6) is 0.347. The number of rotatable bonds is 1. The number of allylic oxidation sites excluding steroid dienone is 4. The van der Waals surface area contributed by atoms with E-state index in [0.29, 0.717) is 5.56 Å². The van der Waals surface area contributed by atoms with Crippen molar-refractivity contribution in [2.75, 3.05) is 0 Å². The number of phenols is 2. The van der Waals surface area contributed by atoms with Gasteiger partial charge in [0.1, 0.15) is 11.5 Å². The smallest absolute Gasteiger partial charge is 0.123 e. The molecule has 96 valence electrons. The quantitative estimate of drug-likeness (QED) is 0.725. The second-order valence-corrected chi connectivity index (χ2v) is 5.23. The molecule has 1 atom stereocenters. The number of hydrogen-bond donors (Lipinski definition) is 2. The maximum Gasteiger partial charge on any atom is 0.123 e. The van der Waals surface area contributed by atoms with Gasteiger partial charge in [0.15, 0.2) is 0 Å². The number of hydrogen-bond acceptors (Lipinski definition) is 2. The first-order chi connectivity index (χ1) is 8.50. The van der Waals surface area contributed by atoms with Gasteiger partial charge in [-0.25, -0.2) is 0 Å². The van der Waals surface area contributed by atoms with E-state index in [9.17, 15) is 10.2 Å². The van der Waals surface area contributed by atoms with Gasteiger partial charge in [-0.2, -0.15) is 0 Å². The van der Waals surface area contributed by atoms with Gasteiger partial charge in [-0.1, -0.05) is 28.9 Å². The molecule has 0 fully saturated rings. The van der Waals surface area contributed by atoms with Crippen molar-refractivity contribution in [1.29, 1.82) is 0 Å². The molecular weight excluding hydrogens is 224 g/mol. The molecule has 0 heterocycles. The molecule has 0 saturated carbocycles. The van der Waals surface area contributed by atoms with Crippen LogP contribution in [0.15, 0.2) is 41.0 Å². The summed E-state index contributed by atoms with van der Waals surface area (Å²) in [4.78, 5) is 0. The Kier molecular flexibility index (Phi) is 3.46. The summed E-state index contributed by atoms with van der Waals surface area (Å²) in [7, 11) is 0. The van der Waals surface area contributed by atoms with Crippen LogP contribution >= 0.6 is 0 Å². The fraction of sp³-hybridized carbons (Fsp3) is 0.375. The molecule has 1 aromatic rings. The van der Waals surface area contributed by atoms with Crippen molar-refractivity contribution in [3.63, 3.8) is 0 Å². The molecule has 0 aliphatic heterocycles. The lowest BCUT2D eigenvalue weighted by atomic mass is 9.79. The molecule has 0 saturated heterocycles. The first-order valence-corrected chi connectivity index (χ1v) is 6.35. The topological polar surface area (TPSA) is 40.5 Å². The number of benzene rings is 1. The van der Waals surface area contributed by atoms with Crippen LogP contribution in [0.25, 0.3) is 0 Å². The SMILES string of the molecule is CC1=CC(c2c(O)cccc2O)C(=C(C)C)CC1. The fourth-order valence-corrected chi connectivity index (χ4v) is 2.63. The predicted molar refractivity (Wildman–Crippen MR) is 73.9 cm³/mol. The monoisotopic (exact) mass is 244 g/mol. The molecule has 0 radical (unpaired) electrons. The Bertz CT molecular complexity index is 500. The standard InChI is InChI=1S/C16H20O2/c1-10(2)12-8-7-11(3)9-13(12)16-14(17)5-4-6-15(16)18/h4-6,9,13,17-18H,7-8H2,1-3H3. The minimum absolute atomic E-state index is 0.00458. The van der Waals surface area contributed by atoms with Crippen molar-refractivity contribution in [3.05, 3.63) is 46.6 Å². The van der Waals surface area contributed by atoms with Crippen LogP contribution < -0.4 is 0 Å². The first-order valence-electron chi connectivity index (χ1n) is 6.35. The zero-order chi connectivity index (χ0) is 13.3. The third-order valence-corrected chi connectivity index (χ3v) is 3.63. The average Bonchev–Trinajstić information content (AvgIpc) is 2.28. The van der Waals surface area contributed by atoms with E-state index in [0.717, 1.165) is 12.8 Å². The van der Waals surface area contributed by atoms with Crippen LogP contribution in [0.1, 0.15) is 45.1 Å². The van der Waals surface area contributed by atoms with Crippen molar-refractivity contribution in [2.24, 2.45) is 0 Å². The van der Waals surface area contributed by atoms with Crippen LogP contribution in [-0.4, -0.2) is 10.2 Å². The highest BCUT2D eigenvalue weighted by Crippen LogP contribution is 2.44. The zero-order valence-electron chi connectivity index (χ0n) is 11.2. The van der Waals surface area contributed by atoms with Gasteiger partial charge >= 0.3 is 0 Å². The van der Waals surface area contributed by atoms with Gasteiger partial charge in [-0.3, -0.25) is 0 Å². The van der Waals surface area contributed by atoms with Gasteiger partial charge < -0.3 is 10.2 Å². The Morgan fingerprint density at radius 2 is 1.72 bits per heavy atom. The molecule has 0 aromatic heterocycles. The Hall–Kier alpha value is -1.70. The second kappa shape index (κ2) is 4.89. The van der Waals surface area contributed by atoms with Crippen molar-refractivity contribution >= 4 is 0 Å². The van der Waals surface area contributed by atoms with Gasteiger partial charge in [-0.15, -0.1) is 0 Å². The molecule has 2 nitrogen and oxygen atoms in total. The van der Waals surface area contributed by atoms with E-state index in [1.807, 2.05) is 0 Å². The van der Waals surface area contributed by atoms with E-state index in [2.05, 4.69) is 26.8 Å². The van der Waals surface area contributed by atoms with E-state index < -0.39 is 0 Å². The summed E-state index contributed by atoms with van der Waals surface area (Å²) in [6.07, 6.45) is 4.22. The average molecular weight is 244 g/mol. The van der Waals surface area contributed by atoms with Crippen LogP contribution in [0.3, 0.4) is 0 Å². The number of aromatic hydroxyl groups is 2. The maximum atomic E-state index is 10.0. The fourth-order valence-electron chi connectivity index (χ4n) is 2.63. The highest BCUT2D eigenvalue weighted by Gasteiger charge is 2.24. The van der Waals surface area contributed by atoms with Gasteiger partial charge in [-0.05, 0) is 45.7 Å². The van der Waals surface area contributed by atoms with Crippen LogP contribution in [0.4, 0.5) is 0 Å². The molecule has 0 spiro atoms. The Morgan fingerprint density at radius 1 is 1.11 bits per heavy atom. The maximum absolute atomic E-state index is 10.0. The third kappa shape index (κ3) is 2.28. The molecule has 1 aliphatic rings.